The van der Waals surface area contributed by atoms with Gasteiger partial charge in [0.1, 0.15) is 0 Å². The van der Waals surface area contributed by atoms with Crippen LogP contribution in [0.25, 0.3) is 6.08 Å². The maximum absolute atomic E-state index is 8.92. The predicted molar refractivity (Wildman–Crippen MR) is 118 cm³/mol. The molecule has 1 fully saturated rings. The highest BCUT2D eigenvalue weighted by Gasteiger charge is 2.25. The fourth-order valence-electron chi connectivity index (χ4n) is 3.12. The largest absolute Gasteiger partial charge is 0.297 e. The van der Waals surface area contributed by atoms with Crippen LogP contribution in [-0.2, 0) is 0 Å². The number of nitrogens with zero attached hydrogens (tertiary/aromatic N) is 2. The fourth-order valence-corrected chi connectivity index (χ4v) is 3.12. The second-order valence-corrected chi connectivity index (χ2v) is 6.46. The predicted octanol–water partition coefficient (Wildman–Crippen LogP) is 5.11. The van der Waals surface area contributed by atoms with E-state index in [0.717, 1.165) is 10.5 Å². The van der Waals surface area contributed by atoms with Crippen LogP contribution in [0.5, 0.6) is 0 Å². The molecule has 0 aromatic heterocycles. The Hall–Kier alpha value is -2.68. The Morgan fingerprint density at radius 1 is 0.714 bits per heavy atom. The van der Waals surface area contributed by atoms with Gasteiger partial charge in [0.2, 0.25) is 0 Å². The van der Waals surface area contributed by atoms with Gasteiger partial charge in [0.05, 0.1) is 6.04 Å². The van der Waals surface area contributed by atoms with Crippen LogP contribution in [0.2, 0.25) is 0 Å². The summed E-state index contributed by atoms with van der Waals surface area (Å²) < 4.78 is 70.8. The number of benzene rings is 3. The summed E-state index contributed by atoms with van der Waals surface area (Å²) in [5.41, 5.74) is 1.87. The summed E-state index contributed by atoms with van der Waals surface area (Å²) in [4.78, 5) is 1.37. The lowest BCUT2D eigenvalue weighted by atomic mass is 9.96. The van der Waals surface area contributed by atoms with E-state index in [-0.39, 0.29) is 6.54 Å². The molecule has 0 radical (unpaired) electrons. The van der Waals surface area contributed by atoms with E-state index in [1.165, 1.54) is 6.08 Å². The first-order chi connectivity index (χ1) is 16.9. The van der Waals surface area contributed by atoms with Crippen LogP contribution in [0.1, 0.15) is 33.7 Å². The van der Waals surface area contributed by atoms with E-state index in [1.807, 2.05) is 30.3 Å². The Morgan fingerprint density at radius 2 is 1.21 bits per heavy atom. The molecule has 2 nitrogen and oxygen atoms in total. The number of piperazine rings is 1. The Kier molecular flexibility index (Phi) is 3.85. The lowest BCUT2D eigenvalue weighted by molar-refractivity contribution is 0.118. The number of hydrogen-bond acceptors (Lipinski definition) is 2. The molecule has 1 saturated heterocycles. The molecule has 1 aliphatic rings. The molecule has 4 rings (SSSR count). The maximum Gasteiger partial charge on any atom is 0.0602 e. The molecule has 0 spiro atoms. The van der Waals surface area contributed by atoms with Crippen LogP contribution < -0.4 is 0 Å². The standard InChI is InChI=1S/C26H28N2/c1-4-11-23(12-5-1)13-10-18-27-19-21-28(22-20-27)26(24-14-6-2-7-15-24)25-16-8-3-9-17-25/h1-17,26H,18-22H2/b13-10+/i19D2,20D2,21D2,22D2. The van der Waals surface area contributed by atoms with E-state index < -0.39 is 32.0 Å². The van der Waals surface area contributed by atoms with Crippen molar-refractivity contribution < 1.29 is 11.0 Å². The number of hydrogen-bond donors (Lipinski definition) is 0. The first-order valence-corrected chi connectivity index (χ1v) is 9.31. The average Bonchev–Trinajstić information content (AvgIpc) is 2.85. The Morgan fingerprint density at radius 3 is 1.75 bits per heavy atom. The Bertz CT molecular complexity index is 1120. The van der Waals surface area contributed by atoms with Crippen LogP contribution >= 0.6 is 0 Å². The summed E-state index contributed by atoms with van der Waals surface area (Å²) in [5, 5.41) is 0. The quantitative estimate of drug-likeness (QED) is 0.590. The highest BCUT2D eigenvalue weighted by atomic mass is 15.3. The van der Waals surface area contributed by atoms with Gasteiger partial charge >= 0.3 is 0 Å². The van der Waals surface area contributed by atoms with Gasteiger partial charge in [-0.15, -0.1) is 0 Å². The number of rotatable bonds is 6. The van der Waals surface area contributed by atoms with Crippen molar-refractivity contribution in [2.24, 2.45) is 0 Å². The molecule has 0 atom stereocenters. The second-order valence-electron chi connectivity index (χ2n) is 6.46. The molecule has 1 aliphatic heterocycles. The summed E-state index contributed by atoms with van der Waals surface area (Å²) in [6.07, 6.45) is 3.21. The van der Waals surface area contributed by atoms with E-state index >= 15 is 0 Å². The SMILES string of the molecule is [2H]C1([2H])N(C/C=C/c2ccccc2)C([2H])([2H])C([2H])([2H])N(C(c2ccccc2)c2ccccc2)C1([2H])[2H]. The molecule has 3 aromatic rings. The molecule has 0 aliphatic carbocycles. The zero-order valence-electron chi connectivity index (χ0n) is 23.5. The van der Waals surface area contributed by atoms with Crippen molar-refractivity contribution in [3.63, 3.8) is 0 Å². The van der Waals surface area contributed by atoms with Crippen LogP contribution in [0.15, 0.2) is 97.1 Å². The van der Waals surface area contributed by atoms with Crippen LogP contribution in [0, 0.1) is 0 Å². The molecule has 1 heterocycles. The van der Waals surface area contributed by atoms with Crippen LogP contribution in [0.3, 0.4) is 0 Å². The van der Waals surface area contributed by atoms with Gasteiger partial charge in [0.25, 0.3) is 0 Å². The van der Waals surface area contributed by atoms with Crippen molar-refractivity contribution in [2.45, 2.75) is 6.04 Å². The van der Waals surface area contributed by atoms with E-state index in [4.69, 9.17) is 11.0 Å². The maximum atomic E-state index is 8.92. The summed E-state index contributed by atoms with van der Waals surface area (Å²) >= 11 is 0. The van der Waals surface area contributed by atoms with E-state index in [0.29, 0.717) is 16.0 Å². The van der Waals surface area contributed by atoms with Gasteiger partial charge < -0.3 is 0 Å². The smallest absolute Gasteiger partial charge is 0.0602 e. The average molecular weight is 377 g/mol. The van der Waals surface area contributed by atoms with Crippen molar-refractivity contribution in [3.05, 3.63) is 114 Å². The first-order valence-electron chi connectivity index (χ1n) is 13.3. The summed E-state index contributed by atoms with van der Waals surface area (Å²) in [7, 11) is 0. The molecule has 0 bridgehead atoms. The molecule has 0 saturated carbocycles. The zero-order chi connectivity index (χ0) is 26.2. The van der Waals surface area contributed by atoms with E-state index in [9.17, 15) is 0 Å². The summed E-state index contributed by atoms with van der Waals surface area (Å²) in [5.74, 6) is 0. The Labute approximate surface area is 180 Å². The minimum atomic E-state index is -2.92. The van der Waals surface area contributed by atoms with Gasteiger partial charge in [-0.25, -0.2) is 0 Å². The lowest BCUT2D eigenvalue weighted by Gasteiger charge is -2.39. The molecule has 0 unspecified atom stereocenters. The van der Waals surface area contributed by atoms with Gasteiger partial charge in [-0.05, 0) is 16.7 Å². The minimum Gasteiger partial charge on any atom is -0.297 e. The van der Waals surface area contributed by atoms with Crippen molar-refractivity contribution in [3.8, 4) is 0 Å². The third kappa shape index (κ3) is 4.78. The van der Waals surface area contributed by atoms with Gasteiger partial charge in [0.15, 0.2) is 0 Å². The first kappa shape index (κ1) is 11.4. The topological polar surface area (TPSA) is 6.48 Å². The van der Waals surface area contributed by atoms with Gasteiger partial charge in [-0.2, -0.15) is 0 Å². The zero-order valence-corrected chi connectivity index (χ0v) is 15.5. The van der Waals surface area contributed by atoms with Crippen molar-refractivity contribution in [1.29, 1.82) is 0 Å². The highest BCUT2D eigenvalue weighted by Crippen LogP contribution is 2.29. The van der Waals surface area contributed by atoms with Gasteiger partial charge in [-0.1, -0.05) is 103 Å². The van der Waals surface area contributed by atoms with Crippen molar-refractivity contribution in [1.82, 2.24) is 9.80 Å². The van der Waals surface area contributed by atoms with E-state index in [2.05, 4.69) is 0 Å². The molecule has 3 aromatic carbocycles. The van der Waals surface area contributed by atoms with E-state index in [1.54, 1.807) is 66.7 Å². The third-order valence-corrected chi connectivity index (χ3v) is 4.50. The molecule has 28 heavy (non-hydrogen) atoms. The summed E-state index contributed by atoms with van der Waals surface area (Å²) in [6, 6.07) is 25.5. The van der Waals surface area contributed by atoms with Crippen LogP contribution in [-0.4, -0.2) is 42.3 Å². The molecular formula is C26H28N2. The Balaban J connectivity index is 1.82. The lowest BCUT2D eigenvalue weighted by Crippen LogP contribution is -2.47. The van der Waals surface area contributed by atoms with Crippen molar-refractivity contribution >= 4 is 6.08 Å². The third-order valence-electron chi connectivity index (χ3n) is 4.50. The highest BCUT2D eigenvalue weighted by molar-refractivity contribution is 5.48. The molecular weight excluding hydrogens is 340 g/mol. The molecule has 0 N–H and O–H groups in total. The van der Waals surface area contributed by atoms with Gasteiger partial charge in [0, 0.05) is 43.5 Å². The monoisotopic (exact) mass is 376 g/mol. The second kappa shape index (κ2) is 9.50. The molecule has 142 valence electrons. The molecule has 2 heteroatoms. The summed E-state index contributed by atoms with van der Waals surface area (Å²) in [6.45, 7) is -11.9. The fraction of sp³-hybridized carbons (Fsp3) is 0.231. The normalized spacial score (nSPS) is 27.5. The van der Waals surface area contributed by atoms with Crippen LogP contribution in [0.4, 0.5) is 0 Å². The van der Waals surface area contributed by atoms with Gasteiger partial charge in [-0.3, -0.25) is 9.80 Å². The minimum absolute atomic E-state index is 0.330. The van der Waals surface area contributed by atoms with Crippen molar-refractivity contribution in [2.75, 3.05) is 32.5 Å². The molecule has 0 amide bonds.